The molecule has 0 bridgehead atoms. The van der Waals surface area contributed by atoms with Gasteiger partial charge in [0.25, 0.3) is 11.8 Å². The number of ether oxygens (including phenoxy) is 2. The van der Waals surface area contributed by atoms with Crippen LogP contribution in [0.2, 0.25) is 0 Å². The maximum atomic E-state index is 12.6. The van der Waals surface area contributed by atoms with Crippen LogP contribution in [0.3, 0.4) is 0 Å². The van der Waals surface area contributed by atoms with Gasteiger partial charge in [-0.05, 0) is 51.8 Å². The number of hydrogen-bond donors (Lipinski definition) is 1. The molecule has 0 unspecified atom stereocenters. The van der Waals surface area contributed by atoms with E-state index in [1.807, 2.05) is 6.07 Å². The van der Waals surface area contributed by atoms with Gasteiger partial charge in [0.2, 0.25) is 0 Å². The molecular formula is C19H15BrN2O5. The van der Waals surface area contributed by atoms with Gasteiger partial charge in [-0.3, -0.25) is 15.0 Å². The Morgan fingerprint density at radius 1 is 1.19 bits per heavy atom. The maximum absolute atomic E-state index is 12.6. The number of esters is 1. The molecule has 0 aromatic heterocycles. The minimum Gasteiger partial charge on any atom is -0.481 e. The van der Waals surface area contributed by atoms with E-state index in [1.54, 1.807) is 42.5 Å². The third-order valence-corrected chi connectivity index (χ3v) is 4.37. The number of anilines is 1. The lowest BCUT2D eigenvalue weighted by Crippen LogP contribution is -2.35. The van der Waals surface area contributed by atoms with Gasteiger partial charge in [0.15, 0.2) is 6.61 Å². The van der Waals surface area contributed by atoms with E-state index in [0.29, 0.717) is 21.5 Å². The summed E-state index contributed by atoms with van der Waals surface area (Å²) in [7, 11) is 1.28. The van der Waals surface area contributed by atoms with Gasteiger partial charge in [-0.2, -0.15) is 0 Å². The quantitative estimate of drug-likeness (QED) is 0.447. The van der Waals surface area contributed by atoms with Crippen LogP contribution in [0.1, 0.15) is 5.56 Å². The topological polar surface area (TPSA) is 84.9 Å². The maximum Gasteiger partial charge on any atom is 0.343 e. The third-order valence-electron chi connectivity index (χ3n) is 3.75. The lowest BCUT2D eigenvalue weighted by atomic mass is 10.1. The van der Waals surface area contributed by atoms with Crippen molar-refractivity contribution in [3.63, 3.8) is 0 Å². The highest BCUT2D eigenvalue weighted by atomic mass is 79.9. The van der Waals surface area contributed by atoms with Crippen LogP contribution in [-0.2, 0) is 19.1 Å². The first-order chi connectivity index (χ1) is 13.0. The first kappa shape index (κ1) is 18.7. The predicted octanol–water partition coefficient (Wildman–Crippen LogP) is 2.46. The van der Waals surface area contributed by atoms with E-state index in [1.165, 1.54) is 18.2 Å². The summed E-state index contributed by atoms with van der Waals surface area (Å²) in [4.78, 5) is 35.9. The summed E-state index contributed by atoms with van der Waals surface area (Å²) in [5.41, 5.74) is 3.77. The molecule has 1 aliphatic heterocycles. The number of amides is 2. The standard InChI is InChI=1S/C19H15BrN2O5/c1-26-17(23)11-27-16-8-7-12(10-15(16)20)9-14-18(24)21-22(19(14)25)13-5-3-2-4-6-13/h2-10H,11H2,1H3,(H,21,24)/b14-9-. The van der Waals surface area contributed by atoms with Gasteiger partial charge in [-0.15, -0.1) is 0 Å². The molecule has 1 saturated heterocycles. The molecule has 1 heterocycles. The van der Waals surface area contributed by atoms with Gasteiger partial charge in [-0.1, -0.05) is 24.3 Å². The van der Waals surface area contributed by atoms with Crippen LogP contribution in [0, 0.1) is 0 Å². The average Bonchev–Trinajstić information content (AvgIpc) is 2.96. The largest absolute Gasteiger partial charge is 0.481 e. The first-order valence-electron chi connectivity index (χ1n) is 7.91. The number of hydrazine groups is 1. The van der Waals surface area contributed by atoms with Crippen LogP contribution < -0.4 is 15.2 Å². The van der Waals surface area contributed by atoms with Crippen molar-refractivity contribution >= 4 is 45.5 Å². The van der Waals surface area contributed by atoms with Crippen molar-refractivity contribution < 1.29 is 23.9 Å². The molecule has 0 spiro atoms. The van der Waals surface area contributed by atoms with Crippen LogP contribution in [0.25, 0.3) is 6.08 Å². The van der Waals surface area contributed by atoms with Crippen LogP contribution in [-0.4, -0.2) is 31.5 Å². The zero-order chi connectivity index (χ0) is 19.4. The van der Waals surface area contributed by atoms with Gasteiger partial charge >= 0.3 is 5.97 Å². The normalized spacial score (nSPS) is 15.0. The van der Waals surface area contributed by atoms with Gasteiger partial charge in [0.1, 0.15) is 11.3 Å². The molecule has 2 aromatic rings. The second-order valence-electron chi connectivity index (χ2n) is 5.53. The van der Waals surface area contributed by atoms with Crippen molar-refractivity contribution in [2.24, 2.45) is 0 Å². The van der Waals surface area contributed by atoms with E-state index in [2.05, 4.69) is 26.1 Å². The molecule has 3 rings (SSSR count). The summed E-state index contributed by atoms with van der Waals surface area (Å²) in [5.74, 6) is -0.975. The monoisotopic (exact) mass is 430 g/mol. The van der Waals surface area contributed by atoms with E-state index in [9.17, 15) is 14.4 Å². The molecule has 0 saturated carbocycles. The molecule has 8 heteroatoms. The second kappa shape index (κ2) is 8.05. The summed E-state index contributed by atoms with van der Waals surface area (Å²) in [6, 6.07) is 13.8. The molecule has 2 aromatic carbocycles. The van der Waals surface area contributed by atoms with Gasteiger partial charge < -0.3 is 9.47 Å². The number of rotatable bonds is 5. The van der Waals surface area contributed by atoms with Crippen molar-refractivity contribution in [3.05, 3.63) is 64.1 Å². The van der Waals surface area contributed by atoms with Gasteiger partial charge in [0.05, 0.1) is 17.3 Å². The predicted molar refractivity (Wildman–Crippen MR) is 102 cm³/mol. The highest BCUT2D eigenvalue weighted by Gasteiger charge is 2.34. The number of benzene rings is 2. The molecule has 1 aliphatic rings. The van der Waals surface area contributed by atoms with Crippen molar-refractivity contribution in [3.8, 4) is 5.75 Å². The third kappa shape index (κ3) is 4.17. The smallest absolute Gasteiger partial charge is 0.343 e. The average molecular weight is 431 g/mol. The van der Waals surface area contributed by atoms with E-state index in [-0.39, 0.29) is 12.2 Å². The molecule has 1 fully saturated rings. The van der Waals surface area contributed by atoms with Gasteiger partial charge in [-0.25, -0.2) is 9.80 Å². The van der Waals surface area contributed by atoms with E-state index >= 15 is 0 Å². The molecule has 27 heavy (non-hydrogen) atoms. The highest BCUT2D eigenvalue weighted by molar-refractivity contribution is 9.10. The Labute approximate surface area is 163 Å². The number of nitrogens with zero attached hydrogens (tertiary/aromatic N) is 1. The van der Waals surface area contributed by atoms with E-state index in [0.717, 1.165) is 0 Å². The summed E-state index contributed by atoms with van der Waals surface area (Å²) >= 11 is 3.35. The van der Waals surface area contributed by atoms with Crippen molar-refractivity contribution in [2.75, 3.05) is 18.7 Å². The summed E-state index contributed by atoms with van der Waals surface area (Å²) in [6.07, 6.45) is 1.50. The van der Waals surface area contributed by atoms with Crippen molar-refractivity contribution in [1.82, 2.24) is 5.43 Å². The molecular weight excluding hydrogens is 416 g/mol. The molecule has 7 nitrogen and oxygen atoms in total. The molecule has 1 N–H and O–H groups in total. The Morgan fingerprint density at radius 2 is 1.93 bits per heavy atom. The Balaban J connectivity index is 1.80. The number of methoxy groups -OCH3 is 1. The molecule has 0 aliphatic carbocycles. The minimum absolute atomic E-state index is 0.0222. The minimum atomic E-state index is -0.498. The Kier molecular flexibility index (Phi) is 5.56. The Bertz CT molecular complexity index is 927. The summed E-state index contributed by atoms with van der Waals surface area (Å²) in [5, 5.41) is 1.21. The number of carbonyl (C=O) groups excluding carboxylic acids is 3. The van der Waals surface area contributed by atoms with E-state index < -0.39 is 17.8 Å². The highest BCUT2D eigenvalue weighted by Crippen LogP contribution is 2.28. The SMILES string of the molecule is COC(=O)COc1ccc(/C=C2/C(=O)NN(c3ccccc3)C2=O)cc1Br. The fraction of sp³-hybridized carbons (Fsp3) is 0.105. The zero-order valence-electron chi connectivity index (χ0n) is 14.3. The fourth-order valence-corrected chi connectivity index (χ4v) is 2.91. The number of para-hydroxylation sites is 1. The summed E-state index contributed by atoms with van der Waals surface area (Å²) < 4.78 is 10.4. The van der Waals surface area contributed by atoms with Crippen molar-refractivity contribution in [2.45, 2.75) is 0 Å². The van der Waals surface area contributed by atoms with Crippen LogP contribution in [0.5, 0.6) is 5.75 Å². The van der Waals surface area contributed by atoms with E-state index in [4.69, 9.17) is 4.74 Å². The van der Waals surface area contributed by atoms with Crippen molar-refractivity contribution in [1.29, 1.82) is 0 Å². The fourth-order valence-electron chi connectivity index (χ4n) is 2.40. The Morgan fingerprint density at radius 3 is 2.59 bits per heavy atom. The number of hydrogen-bond acceptors (Lipinski definition) is 5. The first-order valence-corrected chi connectivity index (χ1v) is 8.70. The summed E-state index contributed by atoms with van der Waals surface area (Å²) in [6.45, 7) is -0.220. The number of halogens is 1. The number of nitrogens with one attached hydrogen (secondary N) is 1. The second-order valence-corrected chi connectivity index (χ2v) is 6.38. The molecule has 2 amide bonds. The lowest BCUT2D eigenvalue weighted by Gasteiger charge is -2.13. The Hall–Kier alpha value is -3.13. The molecule has 0 radical (unpaired) electrons. The van der Waals surface area contributed by atoms with Crippen LogP contribution in [0.4, 0.5) is 5.69 Å². The lowest BCUT2D eigenvalue weighted by molar-refractivity contribution is -0.143. The van der Waals surface area contributed by atoms with Crippen LogP contribution >= 0.6 is 15.9 Å². The number of carbonyl (C=O) groups is 3. The van der Waals surface area contributed by atoms with Gasteiger partial charge in [0, 0.05) is 0 Å². The zero-order valence-corrected chi connectivity index (χ0v) is 15.9. The van der Waals surface area contributed by atoms with Crippen LogP contribution in [0.15, 0.2) is 58.6 Å². The molecule has 0 atom stereocenters. The molecule has 138 valence electrons.